The molecule has 1 aliphatic carbocycles. The second-order valence-electron chi connectivity index (χ2n) is 9.41. The Morgan fingerprint density at radius 1 is 1.09 bits per heavy atom. The van der Waals surface area contributed by atoms with E-state index < -0.39 is 0 Å². The first-order valence-electron chi connectivity index (χ1n) is 12.1. The van der Waals surface area contributed by atoms with Gasteiger partial charge in [-0.3, -0.25) is 0 Å². The SMILES string of the molecule is CN(C)c1ccc(NC(=O)N2CCC[C@@H](c3nc(C4=CCCCC4)c4ccccn34)C2)cc1. The van der Waals surface area contributed by atoms with Gasteiger partial charge in [0.2, 0.25) is 0 Å². The van der Waals surface area contributed by atoms with Gasteiger partial charge in [0.1, 0.15) is 5.82 Å². The second kappa shape index (κ2) is 9.30. The van der Waals surface area contributed by atoms with E-state index in [9.17, 15) is 4.79 Å². The molecule has 0 spiro atoms. The van der Waals surface area contributed by atoms with Gasteiger partial charge in [-0.1, -0.05) is 12.1 Å². The minimum Gasteiger partial charge on any atom is -0.378 e. The smallest absolute Gasteiger partial charge is 0.321 e. The number of urea groups is 1. The number of allylic oxidation sites excluding steroid dienone is 2. The fraction of sp³-hybridized carbons (Fsp3) is 0.407. The zero-order valence-electron chi connectivity index (χ0n) is 19.6. The van der Waals surface area contributed by atoms with E-state index in [1.165, 1.54) is 23.9 Å². The van der Waals surface area contributed by atoms with Gasteiger partial charge in [0, 0.05) is 50.7 Å². The molecule has 3 heterocycles. The van der Waals surface area contributed by atoms with Gasteiger partial charge < -0.3 is 19.5 Å². The van der Waals surface area contributed by atoms with Crippen LogP contribution in [0.25, 0.3) is 11.1 Å². The summed E-state index contributed by atoms with van der Waals surface area (Å²) in [6.07, 6.45) is 11.3. The van der Waals surface area contributed by atoms with E-state index >= 15 is 0 Å². The molecule has 2 aromatic heterocycles. The summed E-state index contributed by atoms with van der Waals surface area (Å²) >= 11 is 0. The van der Waals surface area contributed by atoms with Gasteiger partial charge in [0.05, 0.1) is 11.2 Å². The summed E-state index contributed by atoms with van der Waals surface area (Å²) in [5.41, 5.74) is 5.63. The molecule has 1 N–H and O–H groups in total. The molecule has 172 valence electrons. The maximum atomic E-state index is 13.0. The summed E-state index contributed by atoms with van der Waals surface area (Å²) in [4.78, 5) is 22.2. The van der Waals surface area contributed by atoms with Gasteiger partial charge in [-0.2, -0.15) is 0 Å². The van der Waals surface area contributed by atoms with E-state index in [1.54, 1.807) is 0 Å². The molecule has 0 radical (unpaired) electrons. The zero-order chi connectivity index (χ0) is 22.8. The highest BCUT2D eigenvalue weighted by Gasteiger charge is 2.29. The van der Waals surface area contributed by atoms with E-state index in [0.717, 1.165) is 55.1 Å². The Hall–Kier alpha value is -3.28. The van der Waals surface area contributed by atoms with E-state index in [0.29, 0.717) is 6.54 Å². The van der Waals surface area contributed by atoms with E-state index in [2.05, 4.69) is 40.2 Å². The number of hydrogen-bond acceptors (Lipinski definition) is 3. The summed E-state index contributed by atoms with van der Waals surface area (Å²) < 4.78 is 2.25. The average molecular weight is 444 g/mol. The third-order valence-corrected chi connectivity index (χ3v) is 6.88. The molecule has 3 aromatic rings. The highest BCUT2D eigenvalue weighted by atomic mass is 16.2. The van der Waals surface area contributed by atoms with Gasteiger partial charge in [0.15, 0.2) is 0 Å². The molecule has 2 aliphatic rings. The summed E-state index contributed by atoms with van der Waals surface area (Å²) in [5.74, 6) is 1.31. The number of nitrogens with one attached hydrogen (secondary N) is 1. The predicted molar refractivity (Wildman–Crippen MR) is 135 cm³/mol. The number of aromatic nitrogens is 2. The molecule has 1 fully saturated rings. The lowest BCUT2D eigenvalue weighted by atomic mass is 9.96. The molecule has 0 bridgehead atoms. The van der Waals surface area contributed by atoms with Crippen LogP contribution in [0.15, 0.2) is 54.7 Å². The molecular formula is C27H33N5O. The number of pyridine rings is 1. The summed E-state index contributed by atoms with van der Waals surface area (Å²) in [7, 11) is 4.02. The molecule has 0 unspecified atom stereocenters. The maximum Gasteiger partial charge on any atom is 0.321 e. The highest BCUT2D eigenvalue weighted by molar-refractivity contribution is 5.89. The lowest BCUT2D eigenvalue weighted by Gasteiger charge is -2.32. The first-order chi connectivity index (χ1) is 16.1. The number of nitrogens with zero attached hydrogens (tertiary/aromatic N) is 4. The Morgan fingerprint density at radius 3 is 2.70 bits per heavy atom. The first kappa shape index (κ1) is 21.6. The molecule has 33 heavy (non-hydrogen) atoms. The van der Waals surface area contributed by atoms with Crippen molar-refractivity contribution in [3.8, 4) is 0 Å². The van der Waals surface area contributed by atoms with Crippen LogP contribution in [0.4, 0.5) is 16.2 Å². The van der Waals surface area contributed by atoms with Crippen molar-refractivity contribution in [3.63, 3.8) is 0 Å². The average Bonchev–Trinajstić information content (AvgIpc) is 3.25. The van der Waals surface area contributed by atoms with Crippen molar-refractivity contribution >= 4 is 28.5 Å². The largest absolute Gasteiger partial charge is 0.378 e. The van der Waals surface area contributed by atoms with Gasteiger partial charge in [-0.05, 0) is 80.5 Å². The van der Waals surface area contributed by atoms with Gasteiger partial charge in [-0.15, -0.1) is 0 Å². The number of imidazole rings is 1. The van der Waals surface area contributed by atoms with Crippen molar-refractivity contribution in [1.82, 2.24) is 14.3 Å². The predicted octanol–water partition coefficient (Wildman–Crippen LogP) is 5.77. The lowest BCUT2D eigenvalue weighted by Crippen LogP contribution is -2.42. The third kappa shape index (κ3) is 4.47. The molecule has 1 saturated heterocycles. The maximum absolute atomic E-state index is 13.0. The first-order valence-corrected chi connectivity index (χ1v) is 12.1. The van der Waals surface area contributed by atoms with Gasteiger partial charge >= 0.3 is 6.03 Å². The number of benzene rings is 1. The molecule has 6 heteroatoms. The topological polar surface area (TPSA) is 52.9 Å². The van der Waals surface area contributed by atoms with Crippen molar-refractivity contribution in [2.75, 3.05) is 37.4 Å². The second-order valence-corrected chi connectivity index (χ2v) is 9.41. The molecular weight excluding hydrogens is 410 g/mol. The Kier molecular flexibility index (Phi) is 6.07. The van der Waals surface area contributed by atoms with Gasteiger partial charge in [0.25, 0.3) is 0 Å². The van der Waals surface area contributed by atoms with Crippen LogP contribution in [0.2, 0.25) is 0 Å². The molecule has 6 nitrogen and oxygen atoms in total. The van der Waals surface area contributed by atoms with Crippen molar-refractivity contribution in [2.45, 2.75) is 44.4 Å². The monoisotopic (exact) mass is 443 g/mol. The number of anilines is 2. The number of carbonyl (C=O) groups excluding carboxylic acids is 1. The van der Waals surface area contributed by atoms with E-state index in [-0.39, 0.29) is 11.9 Å². The quantitative estimate of drug-likeness (QED) is 0.557. The Bertz CT molecular complexity index is 1160. The standard InChI is InChI=1S/C27H33N5O/c1-30(2)23-15-13-22(14-16-23)28-27(33)31-17-8-11-21(19-31)26-29-25(20-9-4-3-5-10-20)24-12-6-7-18-32(24)26/h6-7,9,12-16,18,21H,3-5,8,10-11,17,19H2,1-2H3,(H,28,33)/t21-/m1/s1. The number of fused-ring (bicyclic) bond motifs is 1. The lowest BCUT2D eigenvalue weighted by molar-refractivity contribution is 0.191. The summed E-state index contributed by atoms with van der Waals surface area (Å²) in [5, 5.41) is 3.08. The normalized spacial score (nSPS) is 18.8. The molecule has 2 amide bonds. The zero-order valence-corrected chi connectivity index (χ0v) is 19.6. The fourth-order valence-electron chi connectivity index (χ4n) is 5.06. The van der Waals surface area contributed by atoms with Crippen LogP contribution in [-0.2, 0) is 0 Å². The molecule has 1 aromatic carbocycles. The number of piperidine rings is 1. The van der Waals surface area contributed by atoms with Crippen molar-refractivity contribution in [3.05, 3.63) is 66.3 Å². The fourth-order valence-corrected chi connectivity index (χ4v) is 5.06. The molecule has 1 aliphatic heterocycles. The third-order valence-electron chi connectivity index (χ3n) is 6.88. The van der Waals surface area contributed by atoms with Crippen LogP contribution in [0.5, 0.6) is 0 Å². The van der Waals surface area contributed by atoms with Crippen LogP contribution in [0, 0.1) is 0 Å². The number of rotatable bonds is 4. The van der Waals surface area contributed by atoms with Crippen LogP contribution >= 0.6 is 0 Å². The molecule has 1 atom stereocenters. The van der Waals surface area contributed by atoms with E-state index in [4.69, 9.17) is 4.98 Å². The van der Waals surface area contributed by atoms with Crippen LogP contribution < -0.4 is 10.2 Å². The minimum absolute atomic E-state index is 0.0339. The summed E-state index contributed by atoms with van der Waals surface area (Å²) in [6, 6.07) is 14.3. The number of likely N-dealkylation sites (tertiary alicyclic amines) is 1. The Morgan fingerprint density at radius 2 is 1.94 bits per heavy atom. The number of amides is 2. The number of hydrogen-bond donors (Lipinski definition) is 1. The minimum atomic E-state index is -0.0339. The van der Waals surface area contributed by atoms with Crippen LogP contribution in [0.3, 0.4) is 0 Å². The molecule has 0 saturated carbocycles. The van der Waals surface area contributed by atoms with Crippen LogP contribution in [0.1, 0.15) is 56.0 Å². The van der Waals surface area contributed by atoms with Gasteiger partial charge in [-0.25, -0.2) is 9.78 Å². The van der Waals surface area contributed by atoms with Crippen molar-refractivity contribution in [1.29, 1.82) is 0 Å². The summed E-state index contributed by atoms with van der Waals surface area (Å²) in [6.45, 7) is 1.47. The highest BCUT2D eigenvalue weighted by Crippen LogP contribution is 2.33. The van der Waals surface area contributed by atoms with Crippen molar-refractivity contribution < 1.29 is 4.79 Å². The van der Waals surface area contributed by atoms with Crippen LogP contribution in [-0.4, -0.2) is 47.5 Å². The number of carbonyl (C=O) groups is 1. The van der Waals surface area contributed by atoms with Crippen molar-refractivity contribution in [2.24, 2.45) is 0 Å². The molecule has 5 rings (SSSR count). The Balaban J connectivity index is 1.35. The Labute approximate surface area is 195 Å². The van der Waals surface area contributed by atoms with E-state index in [1.807, 2.05) is 48.2 Å².